The van der Waals surface area contributed by atoms with Crippen molar-refractivity contribution in [2.45, 2.75) is 53.4 Å². The molecule has 1 atom stereocenters. The third-order valence-electron chi connectivity index (χ3n) is 2.60. The SMILES string of the molecule is CC(C)(CO)CO.CCCCC(CC)C(=O)O. The molecule has 0 aromatic rings. The van der Waals surface area contributed by atoms with Gasteiger partial charge in [0.2, 0.25) is 0 Å². The molecule has 0 aliphatic heterocycles. The molecule has 3 N–H and O–H groups in total. The second kappa shape index (κ2) is 10.5. The Kier molecular flexibility index (Phi) is 11.6. The lowest BCUT2D eigenvalue weighted by molar-refractivity contribution is -0.142. The van der Waals surface area contributed by atoms with Gasteiger partial charge in [0.15, 0.2) is 0 Å². The smallest absolute Gasteiger partial charge is 0.306 e. The number of carboxylic acid groups (broad SMARTS) is 1. The summed E-state index contributed by atoms with van der Waals surface area (Å²) in [5.74, 6) is -0.754. The van der Waals surface area contributed by atoms with Crippen LogP contribution < -0.4 is 0 Å². The van der Waals surface area contributed by atoms with Crippen molar-refractivity contribution < 1.29 is 20.1 Å². The summed E-state index contributed by atoms with van der Waals surface area (Å²) in [6.45, 7) is 7.69. The molecule has 0 saturated carbocycles. The first-order valence-corrected chi connectivity index (χ1v) is 6.29. The first-order valence-electron chi connectivity index (χ1n) is 6.29. The average molecular weight is 248 g/mol. The molecule has 17 heavy (non-hydrogen) atoms. The zero-order valence-corrected chi connectivity index (χ0v) is 11.6. The molecule has 0 saturated heterocycles. The summed E-state index contributed by atoms with van der Waals surface area (Å²) in [6.07, 6.45) is 3.71. The lowest BCUT2D eigenvalue weighted by Gasteiger charge is -2.16. The molecule has 0 heterocycles. The Bertz CT molecular complexity index is 184. The Morgan fingerprint density at radius 3 is 1.82 bits per heavy atom. The van der Waals surface area contributed by atoms with Crippen LogP contribution in [0.2, 0.25) is 0 Å². The van der Waals surface area contributed by atoms with Crippen molar-refractivity contribution in [3.05, 3.63) is 0 Å². The van der Waals surface area contributed by atoms with Crippen LogP contribution in [0.5, 0.6) is 0 Å². The van der Waals surface area contributed by atoms with E-state index in [0.717, 1.165) is 25.7 Å². The fraction of sp³-hybridized carbons (Fsp3) is 0.923. The van der Waals surface area contributed by atoms with Crippen LogP contribution in [-0.4, -0.2) is 34.5 Å². The van der Waals surface area contributed by atoms with E-state index in [2.05, 4.69) is 6.92 Å². The Morgan fingerprint density at radius 1 is 1.18 bits per heavy atom. The molecule has 0 fully saturated rings. The maximum atomic E-state index is 10.4. The summed E-state index contributed by atoms with van der Waals surface area (Å²) in [5.41, 5.74) is -0.306. The van der Waals surface area contributed by atoms with Crippen LogP contribution in [0.15, 0.2) is 0 Å². The van der Waals surface area contributed by atoms with E-state index in [0.29, 0.717) is 0 Å². The van der Waals surface area contributed by atoms with Gasteiger partial charge in [-0.2, -0.15) is 0 Å². The minimum atomic E-state index is -0.643. The number of aliphatic hydroxyl groups excluding tert-OH is 2. The molecule has 0 bridgehead atoms. The molecule has 0 aliphatic rings. The minimum Gasteiger partial charge on any atom is -0.481 e. The van der Waals surface area contributed by atoms with Gasteiger partial charge in [-0.1, -0.05) is 40.5 Å². The fourth-order valence-electron chi connectivity index (χ4n) is 1.00. The van der Waals surface area contributed by atoms with Gasteiger partial charge in [0.1, 0.15) is 0 Å². The second-order valence-electron chi connectivity index (χ2n) is 5.07. The van der Waals surface area contributed by atoms with E-state index < -0.39 is 5.97 Å². The average Bonchev–Trinajstić information content (AvgIpc) is 2.30. The molecule has 104 valence electrons. The number of carbonyl (C=O) groups is 1. The number of hydrogen-bond donors (Lipinski definition) is 3. The van der Waals surface area contributed by atoms with Crippen molar-refractivity contribution in [3.63, 3.8) is 0 Å². The highest BCUT2D eigenvalue weighted by Gasteiger charge is 2.13. The monoisotopic (exact) mass is 248 g/mol. The predicted molar refractivity (Wildman–Crippen MR) is 68.9 cm³/mol. The molecule has 0 amide bonds. The van der Waals surface area contributed by atoms with Gasteiger partial charge in [0.25, 0.3) is 0 Å². The van der Waals surface area contributed by atoms with Crippen LogP contribution in [0.1, 0.15) is 53.4 Å². The molecule has 4 heteroatoms. The second-order valence-corrected chi connectivity index (χ2v) is 5.07. The van der Waals surface area contributed by atoms with E-state index in [4.69, 9.17) is 15.3 Å². The van der Waals surface area contributed by atoms with E-state index in [1.54, 1.807) is 13.8 Å². The highest BCUT2D eigenvalue weighted by atomic mass is 16.4. The summed E-state index contributed by atoms with van der Waals surface area (Å²) in [4.78, 5) is 10.4. The van der Waals surface area contributed by atoms with E-state index in [1.165, 1.54) is 0 Å². The number of rotatable bonds is 7. The van der Waals surface area contributed by atoms with Gasteiger partial charge in [-0.3, -0.25) is 4.79 Å². The van der Waals surface area contributed by atoms with Crippen molar-refractivity contribution >= 4 is 5.97 Å². The summed E-state index contributed by atoms with van der Waals surface area (Å²) in [7, 11) is 0. The third-order valence-corrected chi connectivity index (χ3v) is 2.60. The highest BCUT2D eigenvalue weighted by molar-refractivity contribution is 5.69. The normalized spacial score (nSPS) is 12.6. The van der Waals surface area contributed by atoms with E-state index in [1.807, 2.05) is 6.92 Å². The largest absolute Gasteiger partial charge is 0.481 e. The highest BCUT2D eigenvalue weighted by Crippen LogP contribution is 2.11. The molecule has 0 radical (unpaired) electrons. The molecule has 1 unspecified atom stereocenters. The molecule has 0 aromatic carbocycles. The van der Waals surface area contributed by atoms with E-state index in [9.17, 15) is 4.79 Å². The number of hydrogen-bond acceptors (Lipinski definition) is 3. The minimum absolute atomic E-state index is 0.0451. The standard InChI is InChI=1S/C8H16O2.C5H12O2/c1-3-5-6-7(4-2)8(9)10;1-5(2,3-6)4-7/h7H,3-6H2,1-2H3,(H,9,10);6-7H,3-4H2,1-2H3. The zero-order chi connectivity index (χ0) is 13.9. The Balaban J connectivity index is 0. The third kappa shape index (κ3) is 11.6. The Morgan fingerprint density at radius 2 is 1.65 bits per heavy atom. The van der Waals surface area contributed by atoms with Crippen molar-refractivity contribution in [2.24, 2.45) is 11.3 Å². The van der Waals surface area contributed by atoms with E-state index >= 15 is 0 Å². The van der Waals surface area contributed by atoms with Crippen molar-refractivity contribution in [1.82, 2.24) is 0 Å². The van der Waals surface area contributed by atoms with Crippen molar-refractivity contribution in [1.29, 1.82) is 0 Å². The lowest BCUT2D eigenvalue weighted by Crippen LogP contribution is -2.20. The summed E-state index contributed by atoms with van der Waals surface area (Å²) >= 11 is 0. The first-order chi connectivity index (χ1) is 7.84. The van der Waals surface area contributed by atoms with Gasteiger partial charge < -0.3 is 15.3 Å². The summed E-state index contributed by atoms with van der Waals surface area (Å²) < 4.78 is 0. The number of aliphatic hydroxyl groups is 2. The fourth-order valence-corrected chi connectivity index (χ4v) is 1.00. The zero-order valence-electron chi connectivity index (χ0n) is 11.6. The summed E-state index contributed by atoms with van der Waals surface area (Å²) in [5, 5.41) is 25.5. The maximum absolute atomic E-state index is 10.4. The van der Waals surface area contributed by atoms with Crippen LogP contribution in [0.3, 0.4) is 0 Å². The molecule has 0 aromatic heterocycles. The van der Waals surface area contributed by atoms with Crippen LogP contribution in [0, 0.1) is 11.3 Å². The van der Waals surface area contributed by atoms with E-state index in [-0.39, 0.29) is 24.5 Å². The van der Waals surface area contributed by atoms with Gasteiger partial charge in [-0.15, -0.1) is 0 Å². The molecular weight excluding hydrogens is 220 g/mol. The summed E-state index contributed by atoms with van der Waals surface area (Å²) in [6, 6.07) is 0. The number of aliphatic carboxylic acids is 1. The van der Waals surface area contributed by atoms with Crippen LogP contribution >= 0.6 is 0 Å². The molecule has 0 spiro atoms. The van der Waals surface area contributed by atoms with Crippen molar-refractivity contribution in [3.8, 4) is 0 Å². The maximum Gasteiger partial charge on any atom is 0.306 e. The number of carboxylic acids is 1. The number of unbranched alkanes of at least 4 members (excludes halogenated alkanes) is 1. The van der Waals surface area contributed by atoms with Crippen LogP contribution in [0.4, 0.5) is 0 Å². The Hall–Kier alpha value is -0.610. The van der Waals surface area contributed by atoms with Crippen LogP contribution in [0.25, 0.3) is 0 Å². The van der Waals surface area contributed by atoms with Crippen molar-refractivity contribution in [2.75, 3.05) is 13.2 Å². The van der Waals surface area contributed by atoms with Gasteiger partial charge in [0, 0.05) is 5.41 Å². The molecule has 0 aliphatic carbocycles. The molecule has 4 nitrogen and oxygen atoms in total. The van der Waals surface area contributed by atoms with Gasteiger partial charge in [-0.25, -0.2) is 0 Å². The van der Waals surface area contributed by atoms with Gasteiger partial charge in [-0.05, 0) is 12.8 Å². The Labute approximate surface area is 105 Å². The van der Waals surface area contributed by atoms with Gasteiger partial charge >= 0.3 is 5.97 Å². The predicted octanol–water partition coefficient (Wildman–Crippen LogP) is 2.28. The van der Waals surface area contributed by atoms with Gasteiger partial charge in [0.05, 0.1) is 19.1 Å². The quantitative estimate of drug-likeness (QED) is 0.646. The molecule has 0 rings (SSSR count). The lowest BCUT2D eigenvalue weighted by atomic mass is 9.97. The van der Waals surface area contributed by atoms with Crippen LogP contribution in [-0.2, 0) is 4.79 Å². The first kappa shape index (κ1) is 18.7. The topological polar surface area (TPSA) is 77.8 Å². The molecular formula is C13H28O4.